The van der Waals surface area contributed by atoms with Gasteiger partial charge in [-0.15, -0.1) is 0 Å². The largest absolute Gasteiger partial charge is 0.385 e. The number of nitrogens with one attached hydrogen (secondary N) is 2. The quantitative estimate of drug-likeness (QED) is 0.527. The number of amides is 1. The Hall–Kier alpha value is -3.12. The van der Waals surface area contributed by atoms with Crippen molar-refractivity contribution in [3.8, 4) is 0 Å². The van der Waals surface area contributed by atoms with Crippen LogP contribution < -0.4 is 10.6 Å². The number of rotatable bonds is 9. The van der Waals surface area contributed by atoms with Crippen molar-refractivity contribution >= 4 is 21.4 Å². The molecule has 0 aliphatic carbocycles. The van der Waals surface area contributed by atoms with E-state index < -0.39 is 9.84 Å². The van der Waals surface area contributed by atoms with Gasteiger partial charge in [-0.25, -0.2) is 8.42 Å². The minimum Gasteiger partial charge on any atom is -0.385 e. The van der Waals surface area contributed by atoms with E-state index in [0.717, 1.165) is 18.7 Å². The van der Waals surface area contributed by atoms with Gasteiger partial charge in [0.05, 0.1) is 10.6 Å². The minimum absolute atomic E-state index is 0.0932. The van der Waals surface area contributed by atoms with Gasteiger partial charge >= 0.3 is 0 Å². The highest BCUT2D eigenvalue weighted by Crippen LogP contribution is 2.16. The number of carbonyl (C=O) groups is 1. The molecule has 1 amide bonds. The van der Waals surface area contributed by atoms with Gasteiger partial charge < -0.3 is 10.6 Å². The summed E-state index contributed by atoms with van der Waals surface area (Å²) >= 11 is 0. The van der Waals surface area contributed by atoms with Crippen LogP contribution >= 0.6 is 0 Å². The predicted octanol–water partition coefficient (Wildman–Crippen LogP) is 3.89. The summed E-state index contributed by atoms with van der Waals surface area (Å²) in [5.74, 6) is -0.258. The fourth-order valence-corrected chi connectivity index (χ4v) is 4.23. The van der Waals surface area contributed by atoms with Crippen LogP contribution in [0.3, 0.4) is 0 Å². The minimum atomic E-state index is -3.40. The fraction of sp³-hybridized carbons (Fsp3) is 0.174. The van der Waals surface area contributed by atoms with Crippen molar-refractivity contribution < 1.29 is 13.2 Å². The normalized spacial score (nSPS) is 11.0. The van der Waals surface area contributed by atoms with Gasteiger partial charge in [-0.05, 0) is 48.4 Å². The summed E-state index contributed by atoms with van der Waals surface area (Å²) in [5, 5.41) is 6.17. The number of hydrogen-bond acceptors (Lipinski definition) is 4. The predicted molar refractivity (Wildman–Crippen MR) is 116 cm³/mol. The molecule has 0 saturated heterocycles. The van der Waals surface area contributed by atoms with Gasteiger partial charge in [-0.1, -0.05) is 48.5 Å². The molecule has 0 saturated carbocycles. The first-order valence-electron chi connectivity index (χ1n) is 9.48. The molecule has 0 aromatic heterocycles. The van der Waals surface area contributed by atoms with E-state index in [0.29, 0.717) is 22.6 Å². The molecule has 3 aromatic carbocycles. The van der Waals surface area contributed by atoms with Gasteiger partial charge in [0, 0.05) is 24.3 Å². The lowest BCUT2D eigenvalue weighted by atomic mass is 10.1. The Kier molecular flexibility index (Phi) is 7.03. The van der Waals surface area contributed by atoms with Crippen molar-refractivity contribution in [1.82, 2.24) is 5.32 Å². The lowest BCUT2D eigenvalue weighted by Gasteiger charge is -2.08. The van der Waals surface area contributed by atoms with Gasteiger partial charge in [0.1, 0.15) is 0 Å². The van der Waals surface area contributed by atoms with Gasteiger partial charge in [0.15, 0.2) is 9.84 Å². The molecule has 0 aliphatic heterocycles. The van der Waals surface area contributed by atoms with E-state index in [-0.39, 0.29) is 11.7 Å². The van der Waals surface area contributed by atoms with E-state index in [1.165, 1.54) is 0 Å². The molecule has 0 aliphatic rings. The van der Waals surface area contributed by atoms with E-state index in [1.807, 2.05) is 30.3 Å². The van der Waals surface area contributed by atoms with Crippen molar-refractivity contribution in [2.45, 2.75) is 17.1 Å². The molecule has 0 fully saturated rings. The summed E-state index contributed by atoms with van der Waals surface area (Å²) < 4.78 is 24.9. The second-order valence-electron chi connectivity index (χ2n) is 6.67. The van der Waals surface area contributed by atoms with E-state index in [9.17, 15) is 13.2 Å². The zero-order valence-electron chi connectivity index (χ0n) is 16.0. The maximum Gasteiger partial charge on any atom is 0.251 e. The maximum atomic E-state index is 12.4. The molecule has 0 unspecified atom stereocenters. The topological polar surface area (TPSA) is 75.3 Å². The van der Waals surface area contributed by atoms with E-state index in [4.69, 9.17) is 0 Å². The fourth-order valence-electron chi connectivity index (χ4n) is 2.86. The Morgan fingerprint density at radius 1 is 0.759 bits per heavy atom. The van der Waals surface area contributed by atoms with Crippen LogP contribution in [0, 0.1) is 0 Å². The number of anilines is 1. The Morgan fingerprint density at radius 3 is 2.03 bits per heavy atom. The highest BCUT2D eigenvalue weighted by molar-refractivity contribution is 7.90. The lowest BCUT2D eigenvalue weighted by molar-refractivity contribution is 0.0953. The number of para-hydroxylation sites is 1. The van der Waals surface area contributed by atoms with Gasteiger partial charge in [0.25, 0.3) is 5.91 Å². The summed E-state index contributed by atoms with van der Waals surface area (Å²) in [4.78, 5) is 12.5. The number of benzene rings is 3. The second kappa shape index (κ2) is 9.89. The Labute approximate surface area is 171 Å². The van der Waals surface area contributed by atoms with Crippen LogP contribution in [0.2, 0.25) is 0 Å². The molecule has 6 heteroatoms. The second-order valence-corrected chi connectivity index (χ2v) is 8.66. The Balaban J connectivity index is 1.46. The summed E-state index contributed by atoms with van der Waals surface area (Å²) in [6.07, 6.45) is 0.800. The first-order valence-corrected chi connectivity index (χ1v) is 11.1. The standard InChI is InChI=1S/C23H24N2O3S/c26-23(25-17-7-16-24-21-8-3-1-4-9-21)20-14-12-19(13-15-20)18-29(27,28)22-10-5-2-6-11-22/h1-6,8-15,24H,7,16-18H2,(H,25,26). The van der Waals surface area contributed by atoms with Crippen molar-refractivity contribution in [2.75, 3.05) is 18.4 Å². The van der Waals surface area contributed by atoms with Crippen LogP contribution in [0.1, 0.15) is 22.3 Å². The van der Waals surface area contributed by atoms with Crippen molar-refractivity contribution in [1.29, 1.82) is 0 Å². The molecule has 0 spiro atoms. The average molecular weight is 409 g/mol. The monoisotopic (exact) mass is 408 g/mol. The smallest absolute Gasteiger partial charge is 0.251 e. The Morgan fingerprint density at radius 2 is 1.38 bits per heavy atom. The molecule has 3 aromatic rings. The van der Waals surface area contributed by atoms with Crippen molar-refractivity contribution in [3.63, 3.8) is 0 Å². The molecule has 0 heterocycles. The van der Waals surface area contributed by atoms with Gasteiger partial charge in [-0.2, -0.15) is 0 Å². The zero-order chi connectivity index (χ0) is 20.5. The summed E-state index contributed by atoms with van der Waals surface area (Å²) in [7, 11) is -3.40. The van der Waals surface area contributed by atoms with Crippen LogP contribution in [-0.4, -0.2) is 27.4 Å². The van der Waals surface area contributed by atoms with E-state index in [1.54, 1.807) is 54.6 Å². The molecule has 0 bridgehead atoms. The molecular weight excluding hydrogens is 384 g/mol. The summed E-state index contributed by atoms with van der Waals surface area (Å²) in [5.41, 5.74) is 2.22. The first-order chi connectivity index (χ1) is 14.0. The molecule has 3 rings (SSSR count). The van der Waals surface area contributed by atoms with Gasteiger partial charge in [-0.3, -0.25) is 4.79 Å². The molecule has 2 N–H and O–H groups in total. The molecule has 0 atom stereocenters. The third kappa shape index (κ3) is 6.19. The van der Waals surface area contributed by atoms with E-state index >= 15 is 0 Å². The molecule has 29 heavy (non-hydrogen) atoms. The molecule has 5 nitrogen and oxygen atoms in total. The van der Waals surface area contributed by atoms with Crippen LogP contribution in [0.15, 0.2) is 89.8 Å². The van der Waals surface area contributed by atoms with Crippen LogP contribution in [0.25, 0.3) is 0 Å². The average Bonchev–Trinajstić information content (AvgIpc) is 2.75. The summed E-state index contributed by atoms with van der Waals surface area (Å²) in [6, 6.07) is 25.0. The van der Waals surface area contributed by atoms with E-state index in [2.05, 4.69) is 10.6 Å². The number of sulfone groups is 1. The number of carbonyl (C=O) groups excluding carboxylic acids is 1. The highest BCUT2D eigenvalue weighted by Gasteiger charge is 2.15. The molecule has 150 valence electrons. The van der Waals surface area contributed by atoms with Crippen LogP contribution in [0.5, 0.6) is 0 Å². The maximum absolute atomic E-state index is 12.4. The summed E-state index contributed by atoms with van der Waals surface area (Å²) in [6.45, 7) is 1.32. The van der Waals surface area contributed by atoms with Gasteiger partial charge in [0.2, 0.25) is 0 Å². The SMILES string of the molecule is O=C(NCCCNc1ccccc1)c1ccc(CS(=O)(=O)c2ccccc2)cc1. The molecular formula is C23H24N2O3S. The van der Waals surface area contributed by atoms with Crippen molar-refractivity contribution in [2.24, 2.45) is 0 Å². The third-order valence-corrected chi connectivity index (χ3v) is 6.12. The van der Waals surface area contributed by atoms with Crippen molar-refractivity contribution in [3.05, 3.63) is 96.1 Å². The van der Waals surface area contributed by atoms with Crippen LogP contribution in [-0.2, 0) is 15.6 Å². The van der Waals surface area contributed by atoms with Crippen LogP contribution in [0.4, 0.5) is 5.69 Å². The molecule has 0 radical (unpaired) electrons. The lowest BCUT2D eigenvalue weighted by Crippen LogP contribution is -2.25. The zero-order valence-corrected chi connectivity index (χ0v) is 16.9. The number of hydrogen-bond donors (Lipinski definition) is 2. The highest BCUT2D eigenvalue weighted by atomic mass is 32.2. The Bertz CT molecular complexity index is 1020. The first kappa shape index (κ1) is 20.6. The third-order valence-electron chi connectivity index (χ3n) is 4.42.